The summed E-state index contributed by atoms with van der Waals surface area (Å²) in [5.74, 6) is 5.89. The van der Waals surface area contributed by atoms with Crippen molar-refractivity contribution in [2.24, 2.45) is 11.8 Å². The van der Waals surface area contributed by atoms with E-state index < -0.39 is 0 Å². The third-order valence-corrected chi connectivity index (χ3v) is 1.56. The van der Waals surface area contributed by atoms with E-state index in [4.69, 9.17) is 5.84 Å². The molecule has 0 aliphatic heterocycles. The molecule has 0 amide bonds. The molecule has 0 rings (SSSR count). The number of hydrogen-bond acceptors (Lipinski definition) is 2. The van der Waals surface area contributed by atoms with Gasteiger partial charge in [-0.1, -0.05) is 26.7 Å². The van der Waals surface area contributed by atoms with E-state index in [-0.39, 0.29) is 24.8 Å². The van der Waals surface area contributed by atoms with Gasteiger partial charge in [0.15, 0.2) is 0 Å². The molecular formula is C6H18Cl2N2. The summed E-state index contributed by atoms with van der Waals surface area (Å²) in [4.78, 5) is 0. The molecule has 0 aromatic rings. The van der Waals surface area contributed by atoms with Gasteiger partial charge in [0.1, 0.15) is 0 Å². The normalized spacial score (nSPS) is 8.40. The maximum Gasteiger partial charge on any atom is 0.0126 e. The van der Waals surface area contributed by atoms with Crippen LogP contribution in [-0.2, 0) is 0 Å². The minimum Gasteiger partial charge on any atom is -0.271 e. The summed E-state index contributed by atoms with van der Waals surface area (Å²) in [6, 6.07) is 0. The summed E-state index contributed by atoms with van der Waals surface area (Å²) < 4.78 is 0. The molecule has 0 unspecified atom stereocenters. The molecule has 0 radical (unpaired) electrons. The molecule has 0 aliphatic carbocycles. The first-order valence-electron chi connectivity index (χ1n) is 3.28. The van der Waals surface area contributed by atoms with Crippen LogP contribution >= 0.6 is 24.8 Å². The Morgan fingerprint density at radius 1 is 1.20 bits per heavy atom. The molecule has 0 saturated heterocycles. The molecule has 4 heteroatoms. The molecule has 3 N–H and O–H groups in total. The molecule has 0 atom stereocenters. The van der Waals surface area contributed by atoms with Gasteiger partial charge in [-0.3, -0.25) is 11.3 Å². The maximum absolute atomic E-state index is 5.13. The second-order valence-corrected chi connectivity index (χ2v) is 2.09. The molecular weight excluding hydrogens is 171 g/mol. The summed E-state index contributed by atoms with van der Waals surface area (Å²) in [5.41, 5.74) is 2.67. The van der Waals surface area contributed by atoms with Crippen molar-refractivity contribution in [3.63, 3.8) is 0 Å². The Morgan fingerprint density at radius 3 is 1.70 bits per heavy atom. The molecule has 66 valence electrons. The third kappa shape index (κ3) is 8.50. The lowest BCUT2D eigenvalue weighted by molar-refractivity contribution is 0.456. The second-order valence-electron chi connectivity index (χ2n) is 2.09. The van der Waals surface area contributed by atoms with Crippen LogP contribution in [0.2, 0.25) is 0 Å². The number of hydrazine groups is 1. The highest BCUT2D eigenvalue weighted by atomic mass is 35.5. The fourth-order valence-electron chi connectivity index (χ4n) is 0.744. The number of nitrogens with one attached hydrogen (secondary N) is 1. The largest absolute Gasteiger partial charge is 0.271 e. The number of hydrogen-bond donors (Lipinski definition) is 2. The molecule has 0 fully saturated rings. The van der Waals surface area contributed by atoms with Crippen LogP contribution in [0.4, 0.5) is 0 Å². The van der Waals surface area contributed by atoms with E-state index in [0.717, 1.165) is 12.5 Å². The molecule has 0 spiro atoms. The lowest BCUT2D eigenvalue weighted by Crippen LogP contribution is -2.28. The van der Waals surface area contributed by atoms with Crippen LogP contribution < -0.4 is 11.3 Å². The third-order valence-electron chi connectivity index (χ3n) is 1.56. The van der Waals surface area contributed by atoms with Crippen LogP contribution in [0.5, 0.6) is 0 Å². The standard InChI is InChI=1S/C6H16N2.2ClH/c1-3-6(4-2)5-8-7;;/h6,8H,3-5,7H2,1-2H3;2*1H. The van der Waals surface area contributed by atoms with E-state index in [0.29, 0.717) is 0 Å². The maximum atomic E-state index is 5.13. The van der Waals surface area contributed by atoms with Crippen LogP contribution in [0.25, 0.3) is 0 Å². The predicted octanol–water partition coefficient (Wildman–Crippen LogP) is 1.73. The smallest absolute Gasteiger partial charge is 0.0126 e. The zero-order chi connectivity index (χ0) is 6.41. The lowest BCUT2D eigenvalue weighted by Gasteiger charge is -2.09. The molecule has 0 heterocycles. The van der Waals surface area contributed by atoms with Gasteiger partial charge in [0.05, 0.1) is 0 Å². The van der Waals surface area contributed by atoms with Gasteiger partial charge in [-0.15, -0.1) is 24.8 Å². The van der Waals surface area contributed by atoms with Crippen molar-refractivity contribution >= 4 is 24.8 Å². The summed E-state index contributed by atoms with van der Waals surface area (Å²) in [7, 11) is 0. The van der Waals surface area contributed by atoms with E-state index >= 15 is 0 Å². The van der Waals surface area contributed by atoms with Gasteiger partial charge in [-0.05, 0) is 5.92 Å². The fourth-order valence-corrected chi connectivity index (χ4v) is 0.744. The molecule has 0 saturated carbocycles. The van der Waals surface area contributed by atoms with E-state index in [1.54, 1.807) is 0 Å². The van der Waals surface area contributed by atoms with Crippen LogP contribution in [0, 0.1) is 5.92 Å². The van der Waals surface area contributed by atoms with Gasteiger partial charge < -0.3 is 0 Å². The van der Waals surface area contributed by atoms with Gasteiger partial charge in [0.25, 0.3) is 0 Å². The molecule has 10 heavy (non-hydrogen) atoms. The van der Waals surface area contributed by atoms with Crippen molar-refractivity contribution in [1.29, 1.82) is 0 Å². The molecule has 0 aliphatic rings. The molecule has 0 aromatic heterocycles. The zero-order valence-corrected chi connectivity index (χ0v) is 8.23. The van der Waals surface area contributed by atoms with Gasteiger partial charge in [-0.2, -0.15) is 0 Å². The highest BCUT2D eigenvalue weighted by molar-refractivity contribution is 5.85. The number of halogens is 2. The predicted molar refractivity (Wildman–Crippen MR) is 50.8 cm³/mol. The first kappa shape index (κ1) is 16.8. The van der Waals surface area contributed by atoms with Gasteiger partial charge in [-0.25, -0.2) is 0 Å². The average Bonchev–Trinajstić information content (AvgIpc) is 1.83. The summed E-state index contributed by atoms with van der Waals surface area (Å²) in [5, 5.41) is 0. The van der Waals surface area contributed by atoms with Crippen LogP contribution in [0.1, 0.15) is 26.7 Å². The highest BCUT2D eigenvalue weighted by Gasteiger charge is 1.98. The lowest BCUT2D eigenvalue weighted by atomic mass is 10.0. The van der Waals surface area contributed by atoms with Crippen molar-refractivity contribution in [3.8, 4) is 0 Å². The first-order chi connectivity index (χ1) is 3.85. The van der Waals surface area contributed by atoms with E-state index in [1.165, 1.54) is 12.8 Å². The summed E-state index contributed by atoms with van der Waals surface area (Å²) >= 11 is 0. The van der Waals surface area contributed by atoms with Crippen LogP contribution in [-0.4, -0.2) is 6.54 Å². The quantitative estimate of drug-likeness (QED) is 0.522. The van der Waals surface area contributed by atoms with E-state index in [9.17, 15) is 0 Å². The number of nitrogens with two attached hydrogens (primary N) is 1. The van der Waals surface area contributed by atoms with Gasteiger partial charge >= 0.3 is 0 Å². The Bertz CT molecular complexity index is 49.0. The Kier molecular flexibility index (Phi) is 20.6. The molecule has 0 aromatic carbocycles. The van der Waals surface area contributed by atoms with E-state index in [1.807, 2.05) is 0 Å². The highest BCUT2D eigenvalue weighted by Crippen LogP contribution is 2.03. The average molecular weight is 189 g/mol. The van der Waals surface area contributed by atoms with Gasteiger partial charge in [0, 0.05) is 6.54 Å². The van der Waals surface area contributed by atoms with Crippen molar-refractivity contribution in [2.45, 2.75) is 26.7 Å². The molecule has 0 bridgehead atoms. The van der Waals surface area contributed by atoms with Crippen molar-refractivity contribution in [3.05, 3.63) is 0 Å². The van der Waals surface area contributed by atoms with Gasteiger partial charge in [0.2, 0.25) is 0 Å². The van der Waals surface area contributed by atoms with E-state index in [2.05, 4.69) is 19.3 Å². The van der Waals surface area contributed by atoms with Crippen molar-refractivity contribution in [1.82, 2.24) is 5.43 Å². The zero-order valence-electron chi connectivity index (χ0n) is 6.59. The van der Waals surface area contributed by atoms with Crippen molar-refractivity contribution < 1.29 is 0 Å². The Labute approximate surface area is 75.7 Å². The van der Waals surface area contributed by atoms with Crippen LogP contribution in [0.3, 0.4) is 0 Å². The first-order valence-corrected chi connectivity index (χ1v) is 3.28. The topological polar surface area (TPSA) is 38.0 Å². The van der Waals surface area contributed by atoms with Crippen LogP contribution in [0.15, 0.2) is 0 Å². The number of rotatable bonds is 4. The Morgan fingerprint density at radius 2 is 1.60 bits per heavy atom. The SMILES string of the molecule is CCC(CC)CNN.Cl.Cl. The Balaban J connectivity index is -0.000000245. The summed E-state index contributed by atoms with van der Waals surface area (Å²) in [6.07, 6.45) is 2.45. The second kappa shape index (κ2) is 12.2. The monoisotopic (exact) mass is 188 g/mol. The minimum absolute atomic E-state index is 0. The molecule has 2 nitrogen and oxygen atoms in total. The fraction of sp³-hybridized carbons (Fsp3) is 1.00. The Hall–Kier alpha value is 0.500. The van der Waals surface area contributed by atoms with Crippen molar-refractivity contribution in [2.75, 3.05) is 6.54 Å². The minimum atomic E-state index is 0. The summed E-state index contributed by atoms with van der Waals surface area (Å²) in [6.45, 7) is 5.32.